The van der Waals surface area contributed by atoms with E-state index in [1.54, 1.807) is 0 Å². The Morgan fingerprint density at radius 3 is 2.78 bits per heavy atom. The van der Waals surface area contributed by atoms with Crippen molar-refractivity contribution in [3.8, 4) is 11.5 Å². The molecule has 0 radical (unpaired) electrons. The smallest absolute Gasteiger partial charge is 0.247 e. The van der Waals surface area contributed by atoms with E-state index < -0.39 is 0 Å². The maximum atomic E-state index is 5.86. The van der Waals surface area contributed by atoms with Gasteiger partial charge in [0.1, 0.15) is 0 Å². The fourth-order valence-corrected chi connectivity index (χ4v) is 3.36. The molecule has 118 valence electrons. The predicted octanol–water partition coefficient (Wildman–Crippen LogP) is 3.41. The quantitative estimate of drug-likeness (QED) is 0.741. The minimum Gasteiger partial charge on any atom is -0.419 e. The van der Waals surface area contributed by atoms with Gasteiger partial charge in [-0.2, -0.15) is 0 Å². The van der Waals surface area contributed by atoms with Gasteiger partial charge in [0.25, 0.3) is 0 Å². The van der Waals surface area contributed by atoms with E-state index in [1.807, 2.05) is 30.3 Å². The maximum absolute atomic E-state index is 5.86. The zero-order valence-electron chi connectivity index (χ0n) is 13.2. The average molecular weight is 308 g/mol. The maximum Gasteiger partial charge on any atom is 0.247 e. The van der Waals surface area contributed by atoms with Gasteiger partial charge >= 0.3 is 0 Å². The first-order valence-electron chi connectivity index (χ1n) is 8.04. The molecule has 1 aromatic carbocycles. The van der Waals surface area contributed by atoms with Crippen molar-refractivity contribution in [3.05, 3.63) is 60.2 Å². The predicted molar refractivity (Wildman–Crippen MR) is 87.5 cm³/mol. The zero-order valence-corrected chi connectivity index (χ0v) is 13.2. The summed E-state index contributed by atoms with van der Waals surface area (Å²) in [6, 6.07) is 14.6. The van der Waals surface area contributed by atoms with Crippen molar-refractivity contribution >= 4 is 0 Å². The number of hydrogen-bond donors (Lipinski definition) is 0. The van der Waals surface area contributed by atoms with E-state index in [4.69, 9.17) is 4.42 Å². The first kappa shape index (κ1) is 14.2. The number of aromatic nitrogens is 3. The average Bonchev–Trinajstić information content (AvgIpc) is 3.30. The molecule has 3 heterocycles. The molecule has 4 rings (SSSR count). The van der Waals surface area contributed by atoms with Crippen molar-refractivity contribution in [2.24, 2.45) is 7.05 Å². The summed E-state index contributed by atoms with van der Waals surface area (Å²) in [5, 5.41) is 8.41. The monoisotopic (exact) mass is 308 g/mol. The van der Waals surface area contributed by atoms with Crippen LogP contribution in [-0.4, -0.2) is 26.2 Å². The molecule has 0 saturated carbocycles. The highest BCUT2D eigenvalue weighted by Gasteiger charge is 2.28. The van der Waals surface area contributed by atoms with Crippen LogP contribution in [0.25, 0.3) is 11.5 Å². The summed E-state index contributed by atoms with van der Waals surface area (Å²) in [5.74, 6) is 1.28. The summed E-state index contributed by atoms with van der Waals surface area (Å²) in [4.78, 5) is 2.43. The van der Waals surface area contributed by atoms with Gasteiger partial charge in [-0.25, -0.2) is 0 Å². The van der Waals surface area contributed by atoms with Crippen molar-refractivity contribution < 1.29 is 4.42 Å². The van der Waals surface area contributed by atoms with Crippen molar-refractivity contribution in [1.29, 1.82) is 0 Å². The van der Waals surface area contributed by atoms with Gasteiger partial charge in [0.2, 0.25) is 11.8 Å². The topological polar surface area (TPSA) is 47.1 Å². The van der Waals surface area contributed by atoms with E-state index in [0.717, 1.165) is 12.1 Å². The Hall–Kier alpha value is -2.40. The van der Waals surface area contributed by atoms with Gasteiger partial charge < -0.3 is 8.98 Å². The van der Waals surface area contributed by atoms with E-state index >= 15 is 0 Å². The first-order chi connectivity index (χ1) is 11.3. The van der Waals surface area contributed by atoms with Crippen molar-refractivity contribution in [3.63, 3.8) is 0 Å². The Morgan fingerprint density at radius 2 is 2.00 bits per heavy atom. The molecule has 1 aliphatic heterocycles. The minimum absolute atomic E-state index is 0.432. The molecule has 5 heteroatoms. The van der Waals surface area contributed by atoms with Gasteiger partial charge in [-0.15, -0.1) is 10.2 Å². The molecule has 0 bridgehead atoms. The fraction of sp³-hybridized carbons (Fsp3) is 0.333. The van der Waals surface area contributed by atoms with Gasteiger partial charge in [-0.05, 0) is 43.7 Å². The number of likely N-dealkylation sites (tertiary alicyclic amines) is 1. The van der Waals surface area contributed by atoms with E-state index in [1.165, 1.54) is 18.5 Å². The molecular formula is C18H20N4O. The molecule has 5 nitrogen and oxygen atoms in total. The Kier molecular flexibility index (Phi) is 3.71. The van der Waals surface area contributed by atoms with E-state index in [-0.39, 0.29) is 0 Å². The number of aryl methyl sites for hydroxylation is 1. The van der Waals surface area contributed by atoms with Crippen LogP contribution in [0.3, 0.4) is 0 Å². The lowest BCUT2D eigenvalue weighted by Crippen LogP contribution is -2.24. The molecular weight excluding hydrogens is 288 g/mol. The van der Waals surface area contributed by atoms with Gasteiger partial charge in [-0.1, -0.05) is 18.2 Å². The second-order valence-electron chi connectivity index (χ2n) is 6.04. The van der Waals surface area contributed by atoms with Gasteiger partial charge in [0, 0.05) is 24.5 Å². The minimum atomic E-state index is 0.432. The summed E-state index contributed by atoms with van der Waals surface area (Å²) in [7, 11) is 2.10. The summed E-state index contributed by atoms with van der Waals surface area (Å²) in [5.41, 5.74) is 2.32. The molecule has 0 aliphatic carbocycles. The van der Waals surface area contributed by atoms with Crippen LogP contribution in [0.4, 0.5) is 0 Å². The third-order valence-electron chi connectivity index (χ3n) is 4.51. The second kappa shape index (κ2) is 6.01. The Bertz CT molecular complexity index is 777. The van der Waals surface area contributed by atoms with Crippen LogP contribution in [-0.2, 0) is 13.6 Å². The van der Waals surface area contributed by atoms with Crippen LogP contribution >= 0.6 is 0 Å². The standard InChI is InChI=1S/C18H20N4O/c1-21-11-5-9-15(21)16-10-6-12-22(16)13-17-19-20-18(23-17)14-7-3-2-4-8-14/h2-5,7-9,11,16H,6,10,12-13H2,1H3/t16-/m1/s1. The first-order valence-corrected chi connectivity index (χ1v) is 8.04. The highest BCUT2D eigenvalue weighted by molar-refractivity contribution is 5.51. The SMILES string of the molecule is Cn1cccc1[C@H]1CCCN1Cc1nnc(-c2ccccc2)o1. The van der Waals surface area contributed by atoms with Crippen LogP contribution in [0.1, 0.15) is 30.5 Å². The molecule has 1 saturated heterocycles. The third-order valence-corrected chi connectivity index (χ3v) is 4.51. The molecule has 1 aliphatic rings. The van der Waals surface area contributed by atoms with Crippen LogP contribution in [0, 0.1) is 0 Å². The van der Waals surface area contributed by atoms with E-state index in [2.05, 4.69) is 45.0 Å². The van der Waals surface area contributed by atoms with Gasteiger partial charge in [-0.3, -0.25) is 4.90 Å². The van der Waals surface area contributed by atoms with Crippen molar-refractivity contribution in [2.45, 2.75) is 25.4 Å². The summed E-state index contributed by atoms with van der Waals surface area (Å²) < 4.78 is 8.06. The van der Waals surface area contributed by atoms with Crippen molar-refractivity contribution in [1.82, 2.24) is 19.7 Å². The molecule has 2 aromatic heterocycles. The molecule has 1 atom stereocenters. The normalized spacial score (nSPS) is 18.6. The number of benzene rings is 1. The lowest BCUT2D eigenvalue weighted by atomic mass is 10.1. The summed E-state index contributed by atoms with van der Waals surface area (Å²) in [6.07, 6.45) is 4.49. The van der Waals surface area contributed by atoms with E-state index in [0.29, 0.717) is 24.4 Å². The number of hydrogen-bond acceptors (Lipinski definition) is 4. The Balaban J connectivity index is 1.52. The van der Waals surface area contributed by atoms with E-state index in [9.17, 15) is 0 Å². The fourth-order valence-electron chi connectivity index (χ4n) is 3.36. The molecule has 0 unspecified atom stereocenters. The van der Waals surface area contributed by atoms with Crippen LogP contribution in [0.2, 0.25) is 0 Å². The van der Waals surface area contributed by atoms with Crippen LogP contribution in [0.5, 0.6) is 0 Å². The van der Waals surface area contributed by atoms with Crippen LogP contribution in [0.15, 0.2) is 53.1 Å². The van der Waals surface area contributed by atoms with Crippen LogP contribution < -0.4 is 0 Å². The van der Waals surface area contributed by atoms with Gasteiger partial charge in [0.15, 0.2) is 0 Å². The van der Waals surface area contributed by atoms with Gasteiger partial charge in [0.05, 0.1) is 12.6 Å². The largest absolute Gasteiger partial charge is 0.419 e. The summed E-state index contributed by atoms with van der Waals surface area (Å²) >= 11 is 0. The lowest BCUT2D eigenvalue weighted by molar-refractivity contribution is 0.218. The van der Waals surface area contributed by atoms with Crippen molar-refractivity contribution in [2.75, 3.05) is 6.54 Å². The molecule has 0 amide bonds. The molecule has 0 spiro atoms. The Labute approximate surface area is 135 Å². The number of rotatable bonds is 4. The lowest BCUT2D eigenvalue weighted by Gasteiger charge is -2.23. The number of nitrogens with zero attached hydrogens (tertiary/aromatic N) is 4. The summed E-state index contributed by atoms with van der Waals surface area (Å²) in [6.45, 7) is 1.77. The highest BCUT2D eigenvalue weighted by Crippen LogP contribution is 2.33. The molecule has 0 N–H and O–H groups in total. The molecule has 1 fully saturated rings. The Morgan fingerprint density at radius 1 is 1.13 bits per heavy atom. The second-order valence-corrected chi connectivity index (χ2v) is 6.04. The molecule has 23 heavy (non-hydrogen) atoms. The highest BCUT2D eigenvalue weighted by atomic mass is 16.4. The third kappa shape index (κ3) is 2.80. The zero-order chi connectivity index (χ0) is 15.6. The molecule has 3 aromatic rings.